The highest BCUT2D eigenvalue weighted by atomic mass is 79.9. The summed E-state index contributed by atoms with van der Waals surface area (Å²) in [5, 5.41) is 3.83. The number of hydrogen-bond acceptors (Lipinski definition) is 3. The topological polar surface area (TPSA) is 54.4 Å². The first kappa shape index (κ1) is 14.1. The molecule has 0 fully saturated rings. The summed E-state index contributed by atoms with van der Waals surface area (Å²) in [6.45, 7) is 0. The molecule has 0 saturated heterocycles. The van der Waals surface area contributed by atoms with Gasteiger partial charge >= 0.3 is 0 Å². The standard InChI is InChI=1S/C15H12BrN3O/c16-14-7-5-12(6-8-14)3-1-10-18-19-15(20)13-4-2-9-17-11-13/h1-11H,(H,19,20). The quantitative estimate of drug-likeness (QED) is 0.691. The SMILES string of the molecule is O=C(NN=CC=Cc1ccc(Br)cc1)c1cccnc1. The van der Waals surface area contributed by atoms with Gasteiger partial charge in [-0.05, 0) is 35.9 Å². The molecule has 4 nitrogen and oxygen atoms in total. The van der Waals surface area contributed by atoms with Crippen molar-refractivity contribution in [1.29, 1.82) is 0 Å². The van der Waals surface area contributed by atoms with Gasteiger partial charge in [0.15, 0.2) is 0 Å². The number of pyridine rings is 1. The Balaban J connectivity index is 1.85. The van der Waals surface area contributed by atoms with Crippen LogP contribution in [0, 0.1) is 0 Å². The van der Waals surface area contributed by atoms with Crippen molar-refractivity contribution in [1.82, 2.24) is 10.4 Å². The predicted octanol–water partition coefficient (Wildman–Crippen LogP) is 3.27. The van der Waals surface area contributed by atoms with Gasteiger partial charge in [-0.2, -0.15) is 5.10 Å². The van der Waals surface area contributed by atoms with Crippen LogP contribution in [0.4, 0.5) is 0 Å². The fraction of sp³-hybridized carbons (Fsp3) is 0. The summed E-state index contributed by atoms with van der Waals surface area (Å²) in [6, 6.07) is 11.2. The number of nitrogens with zero attached hydrogens (tertiary/aromatic N) is 2. The van der Waals surface area contributed by atoms with Gasteiger partial charge in [0.05, 0.1) is 5.56 Å². The van der Waals surface area contributed by atoms with E-state index in [1.165, 1.54) is 12.4 Å². The highest BCUT2D eigenvalue weighted by Crippen LogP contribution is 2.11. The van der Waals surface area contributed by atoms with Gasteiger partial charge in [0.1, 0.15) is 0 Å². The van der Waals surface area contributed by atoms with Gasteiger partial charge in [-0.1, -0.05) is 34.1 Å². The lowest BCUT2D eigenvalue weighted by molar-refractivity contribution is 0.0955. The van der Waals surface area contributed by atoms with Crippen molar-refractivity contribution in [2.24, 2.45) is 5.10 Å². The third-order valence-electron chi connectivity index (χ3n) is 2.41. The first-order valence-corrected chi connectivity index (χ1v) is 6.71. The lowest BCUT2D eigenvalue weighted by Crippen LogP contribution is -2.17. The number of amides is 1. The van der Waals surface area contributed by atoms with E-state index >= 15 is 0 Å². The number of hydrazone groups is 1. The summed E-state index contributed by atoms with van der Waals surface area (Å²) in [5.41, 5.74) is 3.95. The molecule has 0 saturated carbocycles. The first-order chi connectivity index (χ1) is 9.75. The van der Waals surface area contributed by atoms with Crippen LogP contribution in [0.2, 0.25) is 0 Å². The molecule has 0 unspecified atom stereocenters. The second kappa shape index (κ2) is 7.35. The van der Waals surface area contributed by atoms with Crippen LogP contribution in [-0.2, 0) is 0 Å². The molecule has 1 aromatic heterocycles. The predicted molar refractivity (Wildman–Crippen MR) is 83.4 cm³/mol. The number of carbonyl (C=O) groups excluding carboxylic acids is 1. The molecule has 20 heavy (non-hydrogen) atoms. The van der Waals surface area contributed by atoms with Gasteiger partial charge in [-0.15, -0.1) is 0 Å². The van der Waals surface area contributed by atoms with Crippen molar-refractivity contribution in [3.63, 3.8) is 0 Å². The number of halogens is 1. The van der Waals surface area contributed by atoms with Crippen LogP contribution >= 0.6 is 15.9 Å². The molecule has 100 valence electrons. The fourth-order valence-electron chi connectivity index (χ4n) is 1.43. The highest BCUT2D eigenvalue weighted by molar-refractivity contribution is 9.10. The lowest BCUT2D eigenvalue weighted by atomic mass is 10.2. The molecule has 1 amide bonds. The van der Waals surface area contributed by atoms with E-state index in [4.69, 9.17) is 0 Å². The van der Waals surface area contributed by atoms with Crippen LogP contribution < -0.4 is 5.43 Å². The zero-order valence-corrected chi connectivity index (χ0v) is 12.1. The van der Waals surface area contributed by atoms with Crippen LogP contribution in [0.25, 0.3) is 6.08 Å². The second-order valence-electron chi connectivity index (χ2n) is 3.87. The molecule has 2 aromatic rings. The Bertz CT molecular complexity index is 621. The van der Waals surface area contributed by atoms with Crippen LogP contribution in [0.1, 0.15) is 15.9 Å². The molecule has 1 heterocycles. The minimum Gasteiger partial charge on any atom is -0.267 e. The van der Waals surface area contributed by atoms with Gasteiger partial charge < -0.3 is 0 Å². The number of benzene rings is 1. The van der Waals surface area contributed by atoms with E-state index in [-0.39, 0.29) is 5.91 Å². The Labute approximate surface area is 125 Å². The normalized spacial score (nSPS) is 11.1. The molecule has 0 aliphatic carbocycles. The molecular formula is C15H12BrN3O. The molecule has 0 spiro atoms. The molecule has 0 aliphatic heterocycles. The first-order valence-electron chi connectivity index (χ1n) is 5.91. The van der Waals surface area contributed by atoms with Gasteiger partial charge in [-0.25, -0.2) is 5.43 Å². The van der Waals surface area contributed by atoms with Crippen molar-refractivity contribution < 1.29 is 4.79 Å². The molecule has 1 aromatic carbocycles. The maximum absolute atomic E-state index is 11.6. The summed E-state index contributed by atoms with van der Waals surface area (Å²) >= 11 is 3.37. The van der Waals surface area contributed by atoms with Crippen molar-refractivity contribution in [3.05, 3.63) is 70.5 Å². The van der Waals surface area contributed by atoms with Crippen molar-refractivity contribution >= 4 is 34.1 Å². The number of carbonyl (C=O) groups is 1. The van der Waals surface area contributed by atoms with Gasteiger partial charge in [-0.3, -0.25) is 9.78 Å². The van der Waals surface area contributed by atoms with Crippen molar-refractivity contribution in [2.75, 3.05) is 0 Å². The number of nitrogens with one attached hydrogen (secondary N) is 1. The van der Waals surface area contributed by atoms with Crippen molar-refractivity contribution in [2.45, 2.75) is 0 Å². The molecule has 2 rings (SSSR count). The summed E-state index contributed by atoms with van der Waals surface area (Å²) in [6.07, 6.45) is 8.28. The minimum atomic E-state index is -0.286. The summed E-state index contributed by atoms with van der Waals surface area (Å²) in [4.78, 5) is 15.5. The summed E-state index contributed by atoms with van der Waals surface area (Å²) in [7, 11) is 0. The summed E-state index contributed by atoms with van der Waals surface area (Å²) < 4.78 is 1.03. The fourth-order valence-corrected chi connectivity index (χ4v) is 1.69. The largest absolute Gasteiger partial charge is 0.272 e. The zero-order valence-electron chi connectivity index (χ0n) is 10.5. The minimum absolute atomic E-state index is 0.286. The van der Waals surface area contributed by atoms with Gasteiger partial charge in [0.25, 0.3) is 5.91 Å². The van der Waals surface area contributed by atoms with E-state index in [1.54, 1.807) is 24.4 Å². The average Bonchev–Trinajstić information content (AvgIpc) is 2.49. The number of aromatic nitrogens is 1. The summed E-state index contributed by atoms with van der Waals surface area (Å²) in [5.74, 6) is -0.286. The van der Waals surface area contributed by atoms with E-state index in [1.807, 2.05) is 30.3 Å². The maximum atomic E-state index is 11.6. The smallest absolute Gasteiger partial charge is 0.267 e. The number of rotatable bonds is 4. The molecule has 1 N–H and O–H groups in total. The van der Waals surface area contributed by atoms with Crippen LogP contribution in [0.5, 0.6) is 0 Å². The Morgan fingerprint density at radius 3 is 2.75 bits per heavy atom. The molecule has 0 aliphatic rings. The van der Waals surface area contributed by atoms with Gasteiger partial charge in [0, 0.05) is 23.1 Å². The Morgan fingerprint density at radius 1 is 1.25 bits per heavy atom. The molecular weight excluding hydrogens is 318 g/mol. The van der Waals surface area contributed by atoms with E-state index in [0.717, 1.165) is 10.0 Å². The highest BCUT2D eigenvalue weighted by Gasteiger charge is 2.01. The Kier molecular flexibility index (Phi) is 5.20. The number of hydrogen-bond donors (Lipinski definition) is 1. The Hall–Kier alpha value is -2.27. The Morgan fingerprint density at radius 2 is 2.05 bits per heavy atom. The van der Waals surface area contributed by atoms with Crippen LogP contribution in [-0.4, -0.2) is 17.1 Å². The molecule has 0 bridgehead atoms. The average molecular weight is 330 g/mol. The molecule has 0 radical (unpaired) electrons. The second-order valence-corrected chi connectivity index (χ2v) is 4.79. The van der Waals surface area contributed by atoms with E-state index < -0.39 is 0 Å². The molecule has 0 atom stereocenters. The van der Waals surface area contributed by atoms with Crippen LogP contribution in [0.3, 0.4) is 0 Å². The van der Waals surface area contributed by atoms with Crippen molar-refractivity contribution in [3.8, 4) is 0 Å². The molecule has 5 heteroatoms. The van der Waals surface area contributed by atoms with Gasteiger partial charge in [0.2, 0.25) is 0 Å². The number of allylic oxidation sites excluding steroid dienone is 1. The zero-order chi connectivity index (χ0) is 14.2. The van der Waals surface area contributed by atoms with E-state index in [0.29, 0.717) is 5.56 Å². The lowest BCUT2D eigenvalue weighted by Gasteiger charge is -1.97. The van der Waals surface area contributed by atoms with Crippen LogP contribution in [0.15, 0.2) is 64.4 Å². The maximum Gasteiger partial charge on any atom is 0.272 e. The van der Waals surface area contributed by atoms with E-state index in [9.17, 15) is 4.79 Å². The third kappa shape index (κ3) is 4.44. The van der Waals surface area contributed by atoms with E-state index in [2.05, 4.69) is 31.4 Å². The monoisotopic (exact) mass is 329 g/mol. The third-order valence-corrected chi connectivity index (χ3v) is 2.94.